The minimum atomic E-state index is -0.288. The molecule has 0 spiro atoms. The highest BCUT2D eigenvalue weighted by molar-refractivity contribution is 6.33. The van der Waals surface area contributed by atoms with Gasteiger partial charge in [-0.2, -0.15) is 0 Å². The Labute approximate surface area is 196 Å². The van der Waals surface area contributed by atoms with Gasteiger partial charge in [0.25, 0.3) is 0 Å². The zero-order valence-corrected chi connectivity index (χ0v) is 18.7. The van der Waals surface area contributed by atoms with Crippen LogP contribution in [0.25, 0.3) is 11.3 Å². The van der Waals surface area contributed by atoms with Gasteiger partial charge in [-0.15, -0.1) is 0 Å². The van der Waals surface area contributed by atoms with Crippen LogP contribution in [-0.2, 0) is 16.0 Å². The average molecular weight is 469 g/mol. The zero-order valence-electron chi connectivity index (χ0n) is 18.0. The molecule has 1 aromatic heterocycles. The first kappa shape index (κ1) is 22.8. The predicted octanol–water partition coefficient (Wildman–Crippen LogP) is 4.87. The lowest BCUT2D eigenvalue weighted by molar-refractivity contribution is -0.116. The second-order valence-electron chi connectivity index (χ2n) is 7.69. The molecule has 1 saturated heterocycles. The predicted molar refractivity (Wildman–Crippen MR) is 126 cm³/mol. The number of carbonyl (C=O) groups excluding carboxylic acids is 2. The lowest BCUT2D eigenvalue weighted by Crippen LogP contribution is -2.35. The quantitative estimate of drug-likeness (QED) is 0.437. The largest absolute Gasteiger partial charge is 0.441 e. The van der Waals surface area contributed by atoms with Gasteiger partial charge in [-0.25, -0.2) is 9.78 Å². The molecule has 0 radical (unpaired) electrons. The van der Waals surface area contributed by atoms with Gasteiger partial charge in [-0.3, -0.25) is 4.79 Å². The van der Waals surface area contributed by atoms with Crippen LogP contribution in [0.4, 0.5) is 16.2 Å². The minimum absolute atomic E-state index is 0.0902. The molecule has 4 rings (SSSR count). The van der Waals surface area contributed by atoms with Gasteiger partial charge in [-0.1, -0.05) is 23.7 Å². The van der Waals surface area contributed by atoms with Crippen LogP contribution in [0.5, 0.6) is 0 Å². The van der Waals surface area contributed by atoms with Crippen molar-refractivity contribution in [3.05, 3.63) is 65.6 Å². The van der Waals surface area contributed by atoms with Crippen molar-refractivity contribution >= 4 is 34.9 Å². The molecule has 3 N–H and O–H groups in total. The third-order valence-corrected chi connectivity index (χ3v) is 5.53. The molecule has 3 amide bonds. The van der Waals surface area contributed by atoms with Crippen LogP contribution in [0.1, 0.15) is 25.2 Å². The van der Waals surface area contributed by atoms with Crippen LogP contribution in [0.2, 0.25) is 5.02 Å². The smallest absolute Gasteiger partial charge is 0.319 e. The van der Waals surface area contributed by atoms with E-state index in [0.717, 1.165) is 25.0 Å². The number of halogens is 1. The number of nitrogens with zero attached hydrogens (tertiary/aromatic N) is 1. The minimum Gasteiger partial charge on any atom is -0.441 e. The van der Waals surface area contributed by atoms with E-state index in [1.807, 2.05) is 18.2 Å². The van der Waals surface area contributed by atoms with Crippen LogP contribution >= 0.6 is 11.6 Å². The van der Waals surface area contributed by atoms with Crippen molar-refractivity contribution in [2.45, 2.75) is 31.8 Å². The number of urea groups is 1. The zero-order chi connectivity index (χ0) is 23.0. The topological polar surface area (TPSA) is 105 Å². The van der Waals surface area contributed by atoms with Crippen LogP contribution in [0, 0.1) is 0 Å². The molecule has 1 fully saturated rings. The number of hydrogen-bond acceptors (Lipinski definition) is 5. The van der Waals surface area contributed by atoms with E-state index in [-0.39, 0.29) is 24.5 Å². The second kappa shape index (κ2) is 11.0. The highest BCUT2D eigenvalue weighted by atomic mass is 35.5. The molecule has 8 nitrogen and oxygen atoms in total. The molecule has 0 bridgehead atoms. The number of aryl methyl sites for hydroxylation is 1. The van der Waals surface area contributed by atoms with Crippen LogP contribution in [0.3, 0.4) is 0 Å². The fourth-order valence-corrected chi connectivity index (χ4v) is 3.71. The van der Waals surface area contributed by atoms with E-state index < -0.39 is 0 Å². The Kier molecular flexibility index (Phi) is 7.59. The SMILES string of the molecule is O=C(CCc1ncc(-c2ccccc2Cl)o1)Nc1ccc(NC(=O)NCC2CCCO2)cc1. The number of ether oxygens (including phenoxy) is 1. The van der Waals surface area contributed by atoms with Gasteiger partial charge in [0.05, 0.1) is 17.3 Å². The standard InChI is InChI=1S/C24H25ClN4O4/c25-20-6-2-1-5-19(20)21-15-26-23(33-21)12-11-22(30)28-16-7-9-17(10-8-16)29-24(31)27-14-18-4-3-13-32-18/h1-2,5-10,15,18H,3-4,11-14H2,(H,28,30)(H2,27,29,31). The van der Waals surface area contributed by atoms with Crippen LogP contribution in [-0.4, -0.2) is 36.2 Å². The molecule has 1 unspecified atom stereocenters. The summed E-state index contributed by atoms with van der Waals surface area (Å²) in [6.45, 7) is 1.24. The van der Waals surface area contributed by atoms with Crippen molar-refractivity contribution in [1.82, 2.24) is 10.3 Å². The van der Waals surface area contributed by atoms with E-state index in [0.29, 0.717) is 41.0 Å². The molecule has 172 valence electrons. The summed E-state index contributed by atoms with van der Waals surface area (Å²) in [6, 6.07) is 14.0. The Morgan fingerprint density at radius 2 is 1.82 bits per heavy atom. The first-order valence-electron chi connectivity index (χ1n) is 10.8. The van der Waals surface area contributed by atoms with Crippen molar-refractivity contribution in [3.8, 4) is 11.3 Å². The maximum absolute atomic E-state index is 12.3. The van der Waals surface area contributed by atoms with Gasteiger partial charge in [-0.05, 0) is 49.2 Å². The Balaban J connectivity index is 1.21. The van der Waals surface area contributed by atoms with Gasteiger partial charge in [0, 0.05) is 42.9 Å². The summed E-state index contributed by atoms with van der Waals surface area (Å²) in [7, 11) is 0. The molecule has 1 aliphatic heterocycles. The second-order valence-corrected chi connectivity index (χ2v) is 8.10. The molecule has 2 aromatic carbocycles. The molecule has 1 atom stereocenters. The third-order valence-electron chi connectivity index (χ3n) is 5.20. The summed E-state index contributed by atoms with van der Waals surface area (Å²) in [4.78, 5) is 28.5. The Hall–Kier alpha value is -3.36. The number of carbonyl (C=O) groups is 2. The summed E-state index contributed by atoms with van der Waals surface area (Å²) in [6.07, 6.45) is 4.27. The van der Waals surface area contributed by atoms with Crippen molar-refractivity contribution in [3.63, 3.8) is 0 Å². The van der Waals surface area contributed by atoms with Gasteiger partial charge < -0.3 is 25.1 Å². The summed E-state index contributed by atoms with van der Waals surface area (Å²) in [5.41, 5.74) is 2.02. The maximum Gasteiger partial charge on any atom is 0.319 e. The van der Waals surface area contributed by atoms with E-state index in [1.54, 1.807) is 36.5 Å². The Morgan fingerprint density at radius 1 is 1.06 bits per heavy atom. The molecular formula is C24H25ClN4O4. The van der Waals surface area contributed by atoms with Gasteiger partial charge in [0.2, 0.25) is 5.91 Å². The number of rotatable bonds is 8. The van der Waals surface area contributed by atoms with Gasteiger partial charge >= 0.3 is 6.03 Å². The summed E-state index contributed by atoms with van der Waals surface area (Å²) in [5, 5.41) is 8.97. The van der Waals surface area contributed by atoms with E-state index in [9.17, 15) is 9.59 Å². The monoisotopic (exact) mass is 468 g/mol. The first-order chi connectivity index (χ1) is 16.1. The molecule has 0 saturated carbocycles. The Bertz CT molecular complexity index is 1090. The fourth-order valence-electron chi connectivity index (χ4n) is 3.48. The van der Waals surface area contributed by atoms with Crippen LogP contribution < -0.4 is 16.0 Å². The van der Waals surface area contributed by atoms with E-state index in [4.69, 9.17) is 20.8 Å². The number of oxazole rings is 1. The van der Waals surface area contributed by atoms with Crippen molar-refractivity contribution in [2.75, 3.05) is 23.8 Å². The van der Waals surface area contributed by atoms with Crippen LogP contribution in [0.15, 0.2) is 59.1 Å². The molecule has 0 aliphatic carbocycles. The lowest BCUT2D eigenvalue weighted by Gasteiger charge is -2.12. The number of aromatic nitrogens is 1. The molecule has 9 heteroatoms. The van der Waals surface area contributed by atoms with E-state index in [1.165, 1.54) is 0 Å². The van der Waals surface area contributed by atoms with Crippen molar-refractivity contribution in [1.29, 1.82) is 0 Å². The Morgan fingerprint density at radius 3 is 2.55 bits per heavy atom. The fraction of sp³-hybridized carbons (Fsp3) is 0.292. The summed E-state index contributed by atoms with van der Waals surface area (Å²) in [5.74, 6) is 0.870. The third kappa shape index (κ3) is 6.57. The van der Waals surface area contributed by atoms with Gasteiger partial charge in [0.15, 0.2) is 11.7 Å². The number of anilines is 2. The number of amides is 3. The van der Waals surface area contributed by atoms with E-state index in [2.05, 4.69) is 20.9 Å². The molecule has 33 heavy (non-hydrogen) atoms. The molecule has 3 aromatic rings. The van der Waals surface area contributed by atoms with Crippen molar-refractivity contribution in [2.24, 2.45) is 0 Å². The van der Waals surface area contributed by atoms with E-state index >= 15 is 0 Å². The van der Waals surface area contributed by atoms with Gasteiger partial charge in [0.1, 0.15) is 0 Å². The number of nitrogens with one attached hydrogen (secondary N) is 3. The average Bonchev–Trinajstić information content (AvgIpc) is 3.50. The normalized spacial score (nSPS) is 15.2. The first-order valence-corrected chi connectivity index (χ1v) is 11.2. The highest BCUT2D eigenvalue weighted by Crippen LogP contribution is 2.28. The highest BCUT2D eigenvalue weighted by Gasteiger charge is 2.16. The maximum atomic E-state index is 12.3. The summed E-state index contributed by atoms with van der Waals surface area (Å²) >= 11 is 6.18. The molecule has 2 heterocycles. The number of benzene rings is 2. The molecular weight excluding hydrogens is 444 g/mol. The van der Waals surface area contributed by atoms with Crippen molar-refractivity contribution < 1.29 is 18.7 Å². The number of hydrogen-bond donors (Lipinski definition) is 3. The summed E-state index contributed by atoms with van der Waals surface area (Å²) < 4.78 is 11.2. The molecule has 1 aliphatic rings. The lowest BCUT2D eigenvalue weighted by atomic mass is 10.2.